The fraction of sp³-hybridized carbons (Fsp3) is 0.450. The molecule has 27 heavy (non-hydrogen) atoms. The molecule has 3 rings (SSSR count). The predicted octanol–water partition coefficient (Wildman–Crippen LogP) is 2.31. The highest BCUT2D eigenvalue weighted by molar-refractivity contribution is 5.80. The van der Waals surface area contributed by atoms with Gasteiger partial charge in [0.1, 0.15) is 17.3 Å². The second kappa shape index (κ2) is 7.82. The Morgan fingerprint density at radius 1 is 1.30 bits per heavy atom. The molecule has 1 aromatic carbocycles. The zero-order chi connectivity index (χ0) is 19.6. The molecule has 1 unspecified atom stereocenters. The molecular weight excluding hydrogens is 346 g/mol. The molecule has 1 aromatic heterocycles. The maximum atomic E-state index is 13.0. The van der Waals surface area contributed by atoms with Gasteiger partial charge in [0, 0.05) is 23.4 Å². The molecule has 2 heterocycles. The highest BCUT2D eigenvalue weighted by Crippen LogP contribution is 2.32. The zero-order valence-corrected chi connectivity index (χ0v) is 16.2. The number of hydrogen-bond donors (Lipinski definition) is 1. The summed E-state index contributed by atoms with van der Waals surface area (Å²) in [6, 6.07) is 5.21. The Morgan fingerprint density at radius 2 is 2.07 bits per heavy atom. The molecule has 1 aliphatic rings. The van der Waals surface area contributed by atoms with Crippen LogP contribution in [0.25, 0.3) is 0 Å². The van der Waals surface area contributed by atoms with Crippen molar-refractivity contribution in [3.8, 4) is 11.5 Å². The number of nitrogens with zero attached hydrogens (tertiary/aromatic N) is 2. The average molecular weight is 371 g/mol. The first-order valence-electron chi connectivity index (χ1n) is 9.02. The average Bonchev–Trinajstić information content (AvgIpc) is 3.15. The van der Waals surface area contributed by atoms with Gasteiger partial charge in [0.05, 0.1) is 26.7 Å². The van der Waals surface area contributed by atoms with Crippen LogP contribution in [-0.2, 0) is 11.2 Å². The molecule has 1 saturated heterocycles. The van der Waals surface area contributed by atoms with Crippen LogP contribution in [0.3, 0.4) is 0 Å². The van der Waals surface area contributed by atoms with Crippen molar-refractivity contribution in [3.05, 3.63) is 51.2 Å². The van der Waals surface area contributed by atoms with E-state index in [-0.39, 0.29) is 23.9 Å². The number of aromatic nitrogens is 2. The van der Waals surface area contributed by atoms with Crippen LogP contribution in [0.5, 0.6) is 11.5 Å². The fourth-order valence-corrected chi connectivity index (χ4v) is 3.46. The van der Waals surface area contributed by atoms with E-state index >= 15 is 0 Å². The van der Waals surface area contributed by atoms with E-state index in [0.717, 1.165) is 18.4 Å². The topological polar surface area (TPSA) is 84.5 Å². The monoisotopic (exact) mass is 371 g/mol. The Labute approximate surface area is 158 Å². The molecule has 2 aromatic rings. The van der Waals surface area contributed by atoms with Crippen LogP contribution in [0.4, 0.5) is 0 Å². The van der Waals surface area contributed by atoms with Crippen molar-refractivity contribution in [2.45, 2.75) is 39.2 Å². The van der Waals surface area contributed by atoms with E-state index in [4.69, 9.17) is 9.47 Å². The lowest BCUT2D eigenvalue weighted by molar-refractivity contribution is -0.131. The van der Waals surface area contributed by atoms with Crippen LogP contribution >= 0.6 is 0 Å². The van der Waals surface area contributed by atoms with Crippen molar-refractivity contribution in [1.82, 2.24) is 14.9 Å². The second-order valence-electron chi connectivity index (χ2n) is 6.76. The van der Waals surface area contributed by atoms with E-state index in [9.17, 15) is 9.59 Å². The first kappa shape index (κ1) is 18.9. The van der Waals surface area contributed by atoms with E-state index in [1.54, 1.807) is 38.2 Å². The Balaban J connectivity index is 1.85. The number of aryl methyl sites for hydroxylation is 1. The SMILES string of the molecule is COc1ccc(OC)c(CC(=O)N2CCCC2c2nc(C)c(C)c(=O)[nH]2)c1. The van der Waals surface area contributed by atoms with Gasteiger partial charge in [-0.15, -0.1) is 0 Å². The lowest BCUT2D eigenvalue weighted by Crippen LogP contribution is -2.34. The third-order valence-electron chi connectivity index (χ3n) is 5.13. The predicted molar refractivity (Wildman–Crippen MR) is 101 cm³/mol. The van der Waals surface area contributed by atoms with Crippen molar-refractivity contribution >= 4 is 5.91 Å². The lowest BCUT2D eigenvalue weighted by atomic mass is 10.1. The molecule has 0 radical (unpaired) electrons. The van der Waals surface area contributed by atoms with Crippen molar-refractivity contribution in [2.75, 3.05) is 20.8 Å². The van der Waals surface area contributed by atoms with Crippen LogP contribution in [-0.4, -0.2) is 41.5 Å². The number of ether oxygens (including phenoxy) is 2. The molecule has 1 N–H and O–H groups in total. The smallest absolute Gasteiger partial charge is 0.254 e. The first-order valence-corrected chi connectivity index (χ1v) is 9.02. The molecule has 1 amide bonds. The molecule has 0 bridgehead atoms. The molecule has 7 heteroatoms. The van der Waals surface area contributed by atoms with E-state index in [1.165, 1.54) is 0 Å². The van der Waals surface area contributed by atoms with Crippen LogP contribution in [0.1, 0.15) is 41.5 Å². The molecule has 0 spiro atoms. The second-order valence-corrected chi connectivity index (χ2v) is 6.76. The van der Waals surface area contributed by atoms with E-state index in [2.05, 4.69) is 9.97 Å². The highest BCUT2D eigenvalue weighted by atomic mass is 16.5. The van der Waals surface area contributed by atoms with Crippen LogP contribution in [0.15, 0.2) is 23.0 Å². The van der Waals surface area contributed by atoms with Crippen molar-refractivity contribution < 1.29 is 14.3 Å². The van der Waals surface area contributed by atoms with E-state index in [0.29, 0.717) is 35.1 Å². The minimum absolute atomic E-state index is 0.0232. The fourth-order valence-electron chi connectivity index (χ4n) is 3.46. The summed E-state index contributed by atoms with van der Waals surface area (Å²) in [6.07, 6.45) is 1.86. The number of amides is 1. The molecule has 0 saturated carbocycles. The Bertz CT molecular complexity index is 907. The molecule has 0 aliphatic carbocycles. The number of carbonyl (C=O) groups excluding carboxylic acids is 1. The van der Waals surface area contributed by atoms with Crippen LogP contribution in [0.2, 0.25) is 0 Å². The van der Waals surface area contributed by atoms with Crippen molar-refractivity contribution in [3.63, 3.8) is 0 Å². The van der Waals surface area contributed by atoms with Crippen molar-refractivity contribution in [1.29, 1.82) is 0 Å². The summed E-state index contributed by atoms with van der Waals surface area (Å²) in [5.41, 5.74) is 1.93. The van der Waals surface area contributed by atoms with Gasteiger partial charge in [-0.1, -0.05) is 0 Å². The lowest BCUT2D eigenvalue weighted by Gasteiger charge is -2.25. The van der Waals surface area contributed by atoms with Crippen molar-refractivity contribution in [2.24, 2.45) is 0 Å². The van der Waals surface area contributed by atoms with Gasteiger partial charge in [-0.25, -0.2) is 4.98 Å². The van der Waals surface area contributed by atoms with Gasteiger partial charge in [0.2, 0.25) is 5.91 Å². The maximum Gasteiger partial charge on any atom is 0.254 e. The Hall–Kier alpha value is -2.83. The summed E-state index contributed by atoms with van der Waals surface area (Å²) in [4.78, 5) is 34.3. The van der Waals surface area contributed by atoms with Gasteiger partial charge < -0.3 is 19.4 Å². The summed E-state index contributed by atoms with van der Waals surface area (Å²) < 4.78 is 10.6. The van der Waals surface area contributed by atoms with Gasteiger partial charge in [0.15, 0.2) is 0 Å². The molecule has 7 nitrogen and oxygen atoms in total. The van der Waals surface area contributed by atoms with E-state index in [1.807, 2.05) is 13.0 Å². The molecular formula is C20H25N3O4. The third-order valence-corrected chi connectivity index (χ3v) is 5.13. The Kier molecular flexibility index (Phi) is 5.48. The number of rotatable bonds is 5. The minimum Gasteiger partial charge on any atom is -0.497 e. The largest absolute Gasteiger partial charge is 0.497 e. The summed E-state index contributed by atoms with van der Waals surface area (Å²) in [5, 5.41) is 0. The number of nitrogens with one attached hydrogen (secondary N) is 1. The molecule has 1 atom stereocenters. The van der Waals surface area contributed by atoms with Gasteiger partial charge in [-0.2, -0.15) is 0 Å². The third kappa shape index (κ3) is 3.82. The number of carbonyl (C=O) groups is 1. The highest BCUT2D eigenvalue weighted by Gasteiger charge is 2.32. The van der Waals surface area contributed by atoms with Crippen LogP contribution in [0, 0.1) is 13.8 Å². The number of hydrogen-bond acceptors (Lipinski definition) is 5. The number of aromatic amines is 1. The number of likely N-dealkylation sites (tertiary alicyclic amines) is 1. The molecule has 1 aliphatic heterocycles. The zero-order valence-electron chi connectivity index (χ0n) is 16.2. The summed E-state index contributed by atoms with van der Waals surface area (Å²) in [5.74, 6) is 1.87. The maximum absolute atomic E-state index is 13.0. The quantitative estimate of drug-likeness (QED) is 0.872. The van der Waals surface area contributed by atoms with E-state index < -0.39 is 0 Å². The first-order chi connectivity index (χ1) is 12.9. The standard InChI is InChI=1S/C20H25N3O4/c1-12-13(2)21-19(22-20(12)25)16-6-5-9-23(16)18(24)11-14-10-15(26-3)7-8-17(14)27-4/h7-8,10,16H,5-6,9,11H2,1-4H3,(H,21,22,25). The number of H-pyrrole nitrogens is 1. The Morgan fingerprint density at radius 3 is 2.74 bits per heavy atom. The van der Waals surface area contributed by atoms with Gasteiger partial charge in [0.25, 0.3) is 5.56 Å². The summed E-state index contributed by atoms with van der Waals surface area (Å²) in [7, 11) is 3.17. The molecule has 144 valence electrons. The normalized spacial score (nSPS) is 16.4. The van der Waals surface area contributed by atoms with Crippen LogP contribution < -0.4 is 15.0 Å². The van der Waals surface area contributed by atoms with Gasteiger partial charge in [-0.05, 0) is 44.9 Å². The van der Waals surface area contributed by atoms with Gasteiger partial charge >= 0.3 is 0 Å². The minimum atomic E-state index is -0.207. The summed E-state index contributed by atoms with van der Waals surface area (Å²) in [6.45, 7) is 4.21. The summed E-state index contributed by atoms with van der Waals surface area (Å²) >= 11 is 0. The number of benzene rings is 1. The number of methoxy groups -OCH3 is 2. The molecule has 1 fully saturated rings. The van der Waals surface area contributed by atoms with Gasteiger partial charge in [-0.3, -0.25) is 9.59 Å².